The van der Waals surface area contributed by atoms with Crippen LogP contribution in [0.3, 0.4) is 0 Å². The van der Waals surface area contributed by atoms with E-state index in [4.69, 9.17) is 9.47 Å². The van der Waals surface area contributed by atoms with E-state index in [0.29, 0.717) is 17.9 Å². The van der Waals surface area contributed by atoms with E-state index in [1.54, 1.807) is 24.3 Å². The fourth-order valence-electron chi connectivity index (χ4n) is 2.31. The van der Waals surface area contributed by atoms with E-state index in [-0.39, 0.29) is 12.5 Å². The highest BCUT2D eigenvalue weighted by Crippen LogP contribution is 2.18. The predicted octanol–water partition coefficient (Wildman–Crippen LogP) is 4.28. The lowest BCUT2D eigenvalue weighted by atomic mass is 10.1. The number of carbonyl (C=O) groups excluding carboxylic acids is 2. The van der Waals surface area contributed by atoms with Gasteiger partial charge in [0.1, 0.15) is 5.75 Å². The second-order valence-electron chi connectivity index (χ2n) is 6.10. The van der Waals surface area contributed by atoms with Gasteiger partial charge < -0.3 is 14.8 Å². The molecule has 0 aliphatic heterocycles. The maximum atomic E-state index is 12.1. The molecule has 2 aromatic rings. The van der Waals surface area contributed by atoms with E-state index in [1.807, 2.05) is 32.0 Å². The Morgan fingerprint density at radius 2 is 1.77 bits per heavy atom. The van der Waals surface area contributed by atoms with E-state index in [2.05, 4.69) is 12.2 Å². The maximum absolute atomic E-state index is 12.1. The highest BCUT2D eigenvalue weighted by atomic mass is 16.5. The summed E-state index contributed by atoms with van der Waals surface area (Å²) in [5.74, 6) is -0.199. The van der Waals surface area contributed by atoms with Gasteiger partial charge in [-0.05, 0) is 61.7 Å². The maximum Gasteiger partial charge on any atom is 0.338 e. The SMILES string of the molecule is CCCCOc1ccc(C(=O)OCC(=O)Nc2cccc(C)c2C)cc1. The number of unbranched alkanes of at least 4 members (excludes halogenated alkanes) is 1. The van der Waals surface area contributed by atoms with Gasteiger partial charge in [-0.15, -0.1) is 0 Å². The van der Waals surface area contributed by atoms with Crippen molar-refractivity contribution in [2.24, 2.45) is 0 Å². The zero-order valence-corrected chi connectivity index (χ0v) is 15.5. The smallest absolute Gasteiger partial charge is 0.338 e. The first-order valence-electron chi connectivity index (χ1n) is 8.77. The third kappa shape index (κ3) is 5.62. The molecule has 0 fully saturated rings. The number of aryl methyl sites for hydroxylation is 1. The summed E-state index contributed by atoms with van der Waals surface area (Å²) in [5.41, 5.74) is 3.18. The van der Waals surface area contributed by atoms with Crippen molar-refractivity contribution in [2.75, 3.05) is 18.5 Å². The first-order chi connectivity index (χ1) is 12.5. The van der Waals surface area contributed by atoms with Gasteiger partial charge in [0.2, 0.25) is 0 Å². The van der Waals surface area contributed by atoms with Crippen molar-refractivity contribution < 1.29 is 19.1 Å². The Hall–Kier alpha value is -2.82. The van der Waals surface area contributed by atoms with Gasteiger partial charge >= 0.3 is 5.97 Å². The van der Waals surface area contributed by atoms with Crippen molar-refractivity contribution in [3.8, 4) is 5.75 Å². The average Bonchev–Trinajstić information content (AvgIpc) is 2.64. The molecule has 5 heteroatoms. The van der Waals surface area contributed by atoms with Crippen LogP contribution in [-0.2, 0) is 9.53 Å². The molecule has 5 nitrogen and oxygen atoms in total. The first kappa shape index (κ1) is 19.5. The van der Waals surface area contributed by atoms with Crippen LogP contribution < -0.4 is 10.1 Å². The Labute approximate surface area is 154 Å². The van der Waals surface area contributed by atoms with Crippen LogP contribution in [0.4, 0.5) is 5.69 Å². The monoisotopic (exact) mass is 355 g/mol. The summed E-state index contributed by atoms with van der Waals surface area (Å²) in [6.45, 7) is 6.32. The molecule has 0 saturated heterocycles. The van der Waals surface area contributed by atoms with Crippen LogP contribution >= 0.6 is 0 Å². The molecule has 26 heavy (non-hydrogen) atoms. The van der Waals surface area contributed by atoms with Gasteiger partial charge in [0.15, 0.2) is 6.61 Å². The number of benzene rings is 2. The van der Waals surface area contributed by atoms with E-state index in [1.165, 1.54) is 0 Å². The van der Waals surface area contributed by atoms with Crippen LogP contribution in [0.25, 0.3) is 0 Å². The number of esters is 1. The molecular formula is C21H25NO4. The van der Waals surface area contributed by atoms with Gasteiger partial charge in [-0.2, -0.15) is 0 Å². The van der Waals surface area contributed by atoms with Crippen molar-refractivity contribution in [3.63, 3.8) is 0 Å². The standard InChI is InChI=1S/C21H25NO4/c1-4-5-13-25-18-11-9-17(10-12-18)21(24)26-14-20(23)22-19-8-6-7-15(2)16(19)3/h6-12H,4-5,13-14H2,1-3H3,(H,22,23). The summed E-state index contributed by atoms with van der Waals surface area (Å²) in [6.07, 6.45) is 2.05. The molecule has 2 rings (SSSR count). The zero-order chi connectivity index (χ0) is 18.9. The Balaban J connectivity index is 1.84. The van der Waals surface area contributed by atoms with Gasteiger partial charge in [0.05, 0.1) is 12.2 Å². The minimum absolute atomic E-state index is 0.332. The molecule has 1 amide bonds. The predicted molar refractivity (Wildman–Crippen MR) is 102 cm³/mol. The van der Waals surface area contributed by atoms with Gasteiger partial charge in [-0.3, -0.25) is 4.79 Å². The number of amides is 1. The van der Waals surface area contributed by atoms with E-state index in [9.17, 15) is 9.59 Å². The molecule has 0 aromatic heterocycles. The van der Waals surface area contributed by atoms with E-state index < -0.39 is 5.97 Å². The third-order valence-corrected chi connectivity index (χ3v) is 4.07. The fourth-order valence-corrected chi connectivity index (χ4v) is 2.31. The zero-order valence-electron chi connectivity index (χ0n) is 15.5. The lowest BCUT2D eigenvalue weighted by Gasteiger charge is -2.11. The molecule has 1 N–H and O–H groups in total. The largest absolute Gasteiger partial charge is 0.494 e. The van der Waals surface area contributed by atoms with Crippen LogP contribution in [0, 0.1) is 13.8 Å². The van der Waals surface area contributed by atoms with E-state index in [0.717, 1.165) is 29.7 Å². The quantitative estimate of drug-likeness (QED) is 0.567. The number of carbonyl (C=O) groups is 2. The Bertz CT molecular complexity index is 753. The number of nitrogens with one attached hydrogen (secondary N) is 1. The molecule has 138 valence electrons. The minimum atomic E-state index is -0.541. The molecule has 0 radical (unpaired) electrons. The molecule has 0 aliphatic carbocycles. The van der Waals surface area contributed by atoms with Crippen LogP contribution in [0.5, 0.6) is 5.75 Å². The van der Waals surface area contributed by atoms with Crippen LogP contribution in [0.15, 0.2) is 42.5 Å². The second kappa shape index (κ2) is 9.61. The molecule has 0 heterocycles. The number of anilines is 1. The van der Waals surface area contributed by atoms with Crippen LogP contribution in [-0.4, -0.2) is 25.1 Å². The molecule has 0 aliphatic rings. The lowest BCUT2D eigenvalue weighted by molar-refractivity contribution is -0.119. The molecule has 0 unspecified atom stereocenters. The Kier molecular flexibility index (Phi) is 7.21. The van der Waals surface area contributed by atoms with Crippen LogP contribution in [0.1, 0.15) is 41.3 Å². The van der Waals surface area contributed by atoms with Crippen molar-refractivity contribution in [2.45, 2.75) is 33.6 Å². The van der Waals surface area contributed by atoms with Crippen molar-refractivity contribution in [1.29, 1.82) is 0 Å². The first-order valence-corrected chi connectivity index (χ1v) is 8.77. The molecule has 0 spiro atoms. The summed E-state index contributed by atoms with van der Waals surface area (Å²) in [5, 5.41) is 2.76. The topological polar surface area (TPSA) is 64.6 Å². The van der Waals surface area contributed by atoms with Gasteiger partial charge in [0.25, 0.3) is 5.91 Å². The number of hydrogen-bond donors (Lipinski definition) is 1. The molecule has 0 atom stereocenters. The van der Waals surface area contributed by atoms with Crippen LogP contribution in [0.2, 0.25) is 0 Å². The molecule has 2 aromatic carbocycles. The summed E-state index contributed by atoms with van der Waals surface area (Å²) in [7, 11) is 0. The highest BCUT2D eigenvalue weighted by molar-refractivity contribution is 5.96. The minimum Gasteiger partial charge on any atom is -0.494 e. The van der Waals surface area contributed by atoms with Gasteiger partial charge in [-0.25, -0.2) is 4.79 Å². The number of hydrogen-bond acceptors (Lipinski definition) is 4. The average molecular weight is 355 g/mol. The van der Waals surface area contributed by atoms with E-state index >= 15 is 0 Å². The third-order valence-electron chi connectivity index (χ3n) is 4.07. The summed E-state index contributed by atoms with van der Waals surface area (Å²) < 4.78 is 10.6. The van der Waals surface area contributed by atoms with Crippen molar-refractivity contribution in [1.82, 2.24) is 0 Å². The number of rotatable bonds is 8. The molecule has 0 saturated carbocycles. The number of ether oxygens (including phenoxy) is 2. The van der Waals surface area contributed by atoms with Crippen molar-refractivity contribution >= 4 is 17.6 Å². The Morgan fingerprint density at radius 3 is 2.46 bits per heavy atom. The van der Waals surface area contributed by atoms with Crippen molar-refractivity contribution in [3.05, 3.63) is 59.2 Å². The fraction of sp³-hybridized carbons (Fsp3) is 0.333. The normalized spacial score (nSPS) is 10.3. The Morgan fingerprint density at radius 1 is 1.04 bits per heavy atom. The summed E-state index contributed by atoms with van der Waals surface area (Å²) in [4.78, 5) is 24.1. The second-order valence-corrected chi connectivity index (χ2v) is 6.10. The van der Waals surface area contributed by atoms with Gasteiger partial charge in [-0.1, -0.05) is 25.5 Å². The molecular weight excluding hydrogens is 330 g/mol. The summed E-state index contributed by atoms with van der Waals surface area (Å²) in [6, 6.07) is 12.4. The highest BCUT2D eigenvalue weighted by Gasteiger charge is 2.11. The molecule has 0 bridgehead atoms. The summed E-state index contributed by atoms with van der Waals surface area (Å²) >= 11 is 0. The van der Waals surface area contributed by atoms with Gasteiger partial charge in [0, 0.05) is 5.69 Å². The lowest BCUT2D eigenvalue weighted by Crippen LogP contribution is -2.21.